The molecule has 5 rings (SSSR count). The first kappa shape index (κ1) is 14.4. The molecule has 8 nitrogen and oxygen atoms in total. The lowest BCUT2D eigenvalue weighted by Gasteiger charge is -2.26. The maximum Gasteiger partial charge on any atom is 0.289 e. The van der Waals surface area contributed by atoms with Crippen LogP contribution in [0.5, 0.6) is 0 Å². The van der Waals surface area contributed by atoms with E-state index in [2.05, 4.69) is 15.2 Å². The van der Waals surface area contributed by atoms with E-state index in [0.717, 1.165) is 36.3 Å². The summed E-state index contributed by atoms with van der Waals surface area (Å²) in [6.45, 7) is 1.09. The second-order valence-electron chi connectivity index (χ2n) is 6.58. The molecule has 128 valence electrons. The summed E-state index contributed by atoms with van der Waals surface area (Å²) in [5.74, 6) is 1.85. The molecule has 1 saturated carbocycles. The van der Waals surface area contributed by atoms with E-state index in [1.807, 2.05) is 11.7 Å². The monoisotopic (exact) mass is 339 g/mol. The number of fused-ring (bicyclic) bond motifs is 1. The largest absolute Gasteiger partial charge is 0.459 e. The molecule has 0 bridgehead atoms. The average molecular weight is 339 g/mol. The molecule has 3 aromatic rings. The highest BCUT2D eigenvalue weighted by atomic mass is 16.5. The smallest absolute Gasteiger partial charge is 0.289 e. The third kappa shape index (κ3) is 2.36. The fourth-order valence-corrected chi connectivity index (χ4v) is 3.33. The maximum absolute atomic E-state index is 12.6. The van der Waals surface area contributed by atoms with Gasteiger partial charge in [-0.15, -0.1) is 0 Å². The second kappa shape index (κ2) is 5.30. The second-order valence-corrected chi connectivity index (χ2v) is 6.58. The van der Waals surface area contributed by atoms with Gasteiger partial charge < -0.3 is 13.8 Å². The van der Waals surface area contributed by atoms with Crippen LogP contribution in [0.4, 0.5) is 0 Å². The number of hydrogen-bond donors (Lipinski definition) is 0. The molecule has 1 fully saturated rings. The van der Waals surface area contributed by atoms with Crippen molar-refractivity contribution in [2.75, 3.05) is 6.54 Å². The Morgan fingerprint density at radius 1 is 1.36 bits per heavy atom. The fraction of sp³-hybridized carbons (Fsp3) is 0.412. The molecule has 0 radical (unpaired) electrons. The van der Waals surface area contributed by atoms with Crippen molar-refractivity contribution in [2.45, 2.75) is 31.7 Å². The van der Waals surface area contributed by atoms with Crippen LogP contribution in [0.3, 0.4) is 0 Å². The Balaban J connectivity index is 1.48. The summed E-state index contributed by atoms with van der Waals surface area (Å²) in [6, 6.07) is 3.40. The van der Waals surface area contributed by atoms with Crippen LogP contribution in [-0.2, 0) is 20.0 Å². The Hall–Kier alpha value is -2.90. The minimum absolute atomic E-state index is 0.116. The molecule has 2 aliphatic rings. The third-order valence-corrected chi connectivity index (χ3v) is 4.85. The number of furan rings is 1. The molecule has 1 aliphatic heterocycles. The van der Waals surface area contributed by atoms with Crippen molar-refractivity contribution in [3.8, 4) is 11.6 Å². The van der Waals surface area contributed by atoms with Gasteiger partial charge in [-0.1, -0.05) is 5.16 Å². The van der Waals surface area contributed by atoms with Gasteiger partial charge in [-0.3, -0.25) is 9.48 Å². The van der Waals surface area contributed by atoms with Crippen LogP contribution in [0.1, 0.15) is 46.4 Å². The average Bonchev–Trinajstić information content (AvgIpc) is 3.04. The van der Waals surface area contributed by atoms with E-state index in [4.69, 9.17) is 8.94 Å². The van der Waals surface area contributed by atoms with Gasteiger partial charge in [0.1, 0.15) is 0 Å². The highest BCUT2D eigenvalue weighted by molar-refractivity contribution is 5.91. The van der Waals surface area contributed by atoms with Crippen LogP contribution in [-0.4, -0.2) is 37.3 Å². The number of hydrogen-bond acceptors (Lipinski definition) is 6. The molecule has 25 heavy (non-hydrogen) atoms. The number of aromatic nitrogens is 4. The predicted molar refractivity (Wildman–Crippen MR) is 85.6 cm³/mol. The van der Waals surface area contributed by atoms with Crippen LogP contribution in [0.25, 0.3) is 11.6 Å². The van der Waals surface area contributed by atoms with E-state index in [9.17, 15) is 4.79 Å². The van der Waals surface area contributed by atoms with E-state index < -0.39 is 0 Å². The number of nitrogens with zero attached hydrogens (tertiary/aromatic N) is 5. The standard InChI is InChI=1S/C17H17N5O3/c1-21-12-6-7-22(17(23)13-3-2-8-24-13)9-11(12)14(19-21)16-18-15(20-25-16)10-4-5-10/h2-3,8,10H,4-7,9H2,1H3. The molecule has 3 aromatic heterocycles. The molecule has 0 aromatic carbocycles. The molecule has 8 heteroatoms. The van der Waals surface area contributed by atoms with Crippen molar-refractivity contribution in [3.63, 3.8) is 0 Å². The van der Waals surface area contributed by atoms with Crippen LogP contribution < -0.4 is 0 Å². The van der Waals surface area contributed by atoms with Crippen LogP contribution in [0, 0.1) is 0 Å². The molecule has 0 saturated heterocycles. The van der Waals surface area contributed by atoms with Gasteiger partial charge in [0.15, 0.2) is 17.3 Å². The molecular formula is C17H17N5O3. The highest BCUT2D eigenvalue weighted by Crippen LogP contribution is 2.39. The zero-order valence-electron chi connectivity index (χ0n) is 13.8. The molecule has 1 aliphatic carbocycles. The van der Waals surface area contributed by atoms with E-state index in [1.165, 1.54) is 6.26 Å². The summed E-state index contributed by atoms with van der Waals surface area (Å²) in [4.78, 5) is 18.9. The number of amides is 1. The number of carbonyl (C=O) groups is 1. The van der Waals surface area contributed by atoms with E-state index in [1.54, 1.807) is 17.0 Å². The quantitative estimate of drug-likeness (QED) is 0.726. The Labute approximate surface area is 143 Å². The Morgan fingerprint density at radius 3 is 3.00 bits per heavy atom. The van der Waals surface area contributed by atoms with Crippen molar-refractivity contribution in [1.29, 1.82) is 0 Å². The number of aryl methyl sites for hydroxylation is 1. The van der Waals surface area contributed by atoms with E-state index >= 15 is 0 Å². The van der Waals surface area contributed by atoms with Gasteiger partial charge >= 0.3 is 0 Å². The van der Waals surface area contributed by atoms with Gasteiger partial charge in [-0.05, 0) is 25.0 Å². The number of rotatable bonds is 3. The molecule has 0 unspecified atom stereocenters. The highest BCUT2D eigenvalue weighted by Gasteiger charge is 2.33. The molecule has 0 N–H and O–H groups in total. The van der Waals surface area contributed by atoms with E-state index in [-0.39, 0.29) is 5.91 Å². The van der Waals surface area contributed by atoms with Gasteiger partial charge in [0.05, 0.1) is 12.8 Å². The summed E-state index contributed by atoms with van der Waals surface area (Å²) in [7, 11) is 1.91. The lowest BCUT2D eigenvalue weighted by molar-refractivity contribution is 0.0701. The van der Waals surface area contributed by atoms with Gasteiger partial charge in [-0.25, -0.2) is 0 Å². The lowest BCUT2D eigenvalue weighted by Crippen LogP contribution is -2.36. The Kier molecular flexibility index (Phi) is 3.06. The molecular weight excluding hydrogens is 322 g/mol. The lowest BCUT2D eigenvalue weighted by atomic mass is 10.0. The van der Waals surface area contributed by atoms with Crippen LogP contribution >= 0.6 is 0 Å². The molecule has 4 heterocycles. The van der Waals surface area contributed by atoms with Gasteiger partial charge in [0, 0.05) is 37.2 Å². The zero-order chi connectivity index (χ0) is 17.0. The summed E-state index contributed by atoms with van der Waals surface area (Å²) in [6.07, 6.45) is 4.47. The first-order valence-electron chi connectivity index (χ1n) is 8.42. The summed E-state index contributed by atoms with van der Waals surface area (Å²) in [5, 5.41) is 8.65. The van der Waals surface area contributed by atoms with Gasteiger partial charge in [0.2, 0.25) is 0 Å². The Bertz CT molecular complexity index is 936. The maximum atomic E-state index is 12.6. The van der Waals surface area contributed by atoms with Crippen molar-refractivity contribution < 1.29 is 13.7 Å². The first-order valence-corrected chi connectivity index (χ1v) is 8.42. The van der Waals surface area contributed by atoms with Crippen molar-refractivity contribution >= 4 is 5.91 Å². The number of carbonyl (C=O) groups excluding carboxylic acids is 1. The SMILES string of the molecule is Cn1nc(-c2nc(C3CC3)no2)c2c1CCN(C(=O)c1ccco1)C2. The summed E-state index contributed by atoms with van der Waals surface area (Å²) in [5.41, 5.74) is 2.75. The minimum Gasteiger partial charge on any atom is -0.459 e. The van der Waals surface area contributed by atoms with Gasteiger partial charge in [0.25, 0.3) is 11.8 Å². The third-order valence-electron chi connectivity index (χ3n) is 4.85. The zero-order valence-corrected chi connectivity index (χ0v) is 13.8. The topological polar surface area (TPSA) is 90.2 Å². The molecule has 0 spiro atoms. The van der Waals surface area contributed by atoms with Crippen molar-refractivity contribution in [2.24, 2.45) is 7.05 Å². The normalized spacial score (nSPS) is 16.9. The van der Waals surface area contributed by atoms with E-state index in [0.29, 0.717) is 36.4 Å². The van der Waals surface area contributed by atoms with Crippen molar-refractivity contribution in [3.05, 3.63) is 41.2 Å². The van der Waals surface area contributed by atoms with Crippen molar-refractivity contribution in [1.82, 2.24) is 24.8 Å². The van der Waals surface area contributed by atoms with Gasteiger partial charge in [-0.2, -0.15) is 10.1 Å². The minimum atomic E-state index is -0.116. The first-order chi connectivity index (χ1) is 12.2. The molecule has 1 amide bonds. The van der Waals surface area contributed by atoms with Crippen LogP contribution in [0.15, 0.2) is 27.3 Å². The van der Waals surface area contributed by atoms with Crippen LogP contribution in [0.2, 0.25) is 0 Å². The Morgan fingerprint density at radius 2 is 2.24 bits per heavy atom. The summed E-state index contributed by atoms with van der Waals surface area (Å²) >= 11 is 0. The molecule has 0 atom stereocenters. The fourth-order valence-electron chi connectivity index (χ4n) is 3.33. The summed E-state index contributed by atoms with van der Waals surface area (Å²) < 4.78 is 12.5. The predicted octanol–water partition coefficient (Wildman–Crippen LogP) is 2.14.